The van der Waals surface area contributed by atoms with Crippen LogP contribution in [-0.4, -0.2) is 20.4 Å². The second-order valence-corrected chi connectivity index (χ2v) is 8.53. The Morgan fingerprint density at radius 3 is 1.26 bits per heavy atom. The van der Waals surface area contributed by atoms with Crippen molar-refractivity contribution >= 4 is 28.4 Å². The lowest BCUT2D eigenvalue weighted by atomic mass is 9.21. The van der Waals surface area contributed by atoms with Crippen molar-refractivity contribution in [1.29, 1.82) is 0 Å². The molecule has 6 heteroatoms. The van der Waals surface area contributed by atoms with E-state index >= 15 is 0 Å². The van der Waals surface area contributed by atoms with Crippen molar-refractivity contribution in [2.45, 2.75) is 0 Å². The van der Waals surface area contributed by atoms with Gasteiger partial charge in [-0.2, -0.15) is 0 Å². The Balaban J connectivity index is 1.68. The summed E-state index contributed by atoms with van der Waals surface area (Å²) in [6.07, 6.45) is 2.73. The molecule has 0 unspecified atom stereocenters. The average molecular weight is 406 g/mol. The van der Waals surface area contributed by atoms with Crippen LogP contribution in [0.3, 0.4) is 0 Å². The van der Waals surface area contributed by atoms with Gasteiger partial charge in [-0.15, -0.1) is 0 Å². The van der Waals surface area contributed by atoms with Gasteiger partial charge in [0.05, 0.1) is 0 Å². The second kappa shape index (κ2) is 5.61. The first kappa shape index (κ1) is 16.8. The van der Waals surface area contributed by atoms with Crippen molar-refractivity contribution in [2.75, 3.05) is 19.0 Å². The highest BCUT2D eigenvalue weighted by atomic mass is 16.5. The maximum absolute atomic E-state index is 6.39. The number of ether oxygens (including phenoxy) is 3. The molecule has 4 aromatic rings. The minimum Gasteiger partial charge on any atom is -0.463 e. The normalized spacial score (nSPS) is 15.2. The third kappa shape index (κ3) is 1.95. The van der Waals surface area contributed by atoms with E-state index in [1.54, 1.807) is 0 Å². The number of aromatic nitrogens is 1. The lowest BCUT2D eigenvalue weighted by Gasteiger charge is -2.48. The topological polar surface area (TPSA) is 34.8 Å². The van der Waals surface area contributed by atoms with E-state index in [0.29, 0.717) is 0 Å². The Morgan fingerprint density at radius 2 is 0.935 bits per heavy atom. The first-order valence-electron chi connectivity index (χ1n) is 10.5. The van der Waals surface area contributed by atoms with E-state index in [4.69, 9.17) is 14.2 Å². The maximum Gasteiger partial charge on any atom is 0.381 e. The van der Waals surface area contributed by atoms with Crippen LogP contribution in [-0.2, 0) is 0 Å². The molecule has 0 aliphatic carbocycles. The predicted octanol–water partition coefficient (Wildman–Crippen LogP) is 2.87. The summed E-state index contributed by atoms with van der Waals surface area (Å²) in [5, 5.41) is 0. The van der Waals surface area contributed by atoms with Crippen molar-refractivity contribution in [3.05, 3.63) is 79.1 Å². The van der Waals surface area contributed by atoms with Crippen LogP contribution in [0.1, 0.15) is 0 Å². The standard InChI is InChI=1S/C25H19BN2O3/c1-27(2)16-12-14-28(15-13-16)26-23-17-6-3-7-18(23)30-20-9-5-11-22(25(20)26)31-21-10-4-8-19(29-17)24(21)26/h3-15H,1-2H3. The van der Waals surface area contributed by atoms with Gasteiger partial charge in [-0.05, 0) is 52.8 Å². The zero-order valence-electron chi connectivity index (χ0n) is 17.2. The number of anilines is 1. The molecule has 3 aromatic carbocycles. The Kier molecular flexibility index (Phi) is 3.04. The molecular formula is C25H19BN2O3. The van der Waals surface area contributed by atoms with Crippen molar-refractivity contribution in [3.8, 4) is 34.5 Å². The van der Waals surface area contributed by atoms with Crippen molar-refractivity contribution in [3.63, 3.8) is 0 Å². The Labute approximate surface area is 180 Å². The van der Waals surface area contributed by atoms with Gasteiger partial charge in [0.25, 0.3) is 0 Å². The summed E-state index contributed by atoms with van der Waals surface area (Å²) in [4.78, 5) is 2.11. The molecule has 0 spiro atoms. The van der Waals surface area contributed by atoms with Crippen LogP contribution >= 0.6 is 0 Å². The van der Waals surface area contributed by atoms with Crippen molar-refractivity contribution < 1.29 is 18.7 Å². The summed E-state index contributed by atoms with van der Waals surface area (Å²) < 4.78 is 21.5. The van der Waals surface area contributed by atoms with Crippen LogP contribution in [0, 0.1) is 0 Å². The Hall–Kier alpha value is -3.93. The van der Waals surface area contributed by atoms with Gasteiger partial charge in [0.15, 0.2) is 0 Å². The zero-order valence-corrected chi connectivity index (χ0v) is 17.2. The monoisotopic (exact) mass is 406 g/mol. The van der Waals surface area contributed by atoms with Gasteiger partial charge in [-0.1, -0.05) is 18.2 Å². The van der Waals surface area contributed by atoms with Gasteiger partial charge in [-0.3, -0.25) is 0 Å². The molecule has 3 aliphatic heterocycles. The molecule has 0 amide bonds. The predicted molar refractivity (Wildman–Crippen MR) is 121 cm³/mol. The molecule has 150 valence electrons. The summed E-state index contributed by atoms with van der Waals surface area (Å²) in [6.45, 7) is 0. The van der Waals surface area contributed by atoms with E-state index < -0.39 is 6.28 Å². The largest absolute Gasteiger partial charge is 0.463 e. The van der Waals surface area contributed by atoms with Gasteiger partial charge in [0.1, 0.15) is 46.9 Å². The van der Waals surface area contributed by atoms with E-state index in [-0.39, 0.29) is 0 Å². The fraction of sp³-hybridized carbons (Fsp3) is 0.0800. The molecule has 31 heavy (non-hydrogen) atoms. The highest BCUT2D eigenvalue weighted by Crippen LogP contribution is 2.44. The maximum atomic E-state index is 6.39. The second-order valence-electron chi connectivity index (χ2n) is 8.53. The van der Waals surface area contributed by atoms with Crippen LogP contribution in [0.5, 0.6) is 34.5 Å². The first-order valence-corrected chi connectivity index (χ1v) is 10.5. The summed E-state index contributed by atoms with van der Waals surface area (Å²) >= 11 is 0. The number of benzene rings is 3. The lowest BCUT2D eigenvalue weighted by molar-refractivity contribution is -0.539. The van der Waals surface area contributed by atoms with E-state index in [1.807, 2.05) is 54.6 Å². The molecule has 0 saturated heterocycles. The number of rotatable bonds is 2. The summed E-state index contributed by atoms with van der Waals surface area (Å²) in [6, 6.07) is 22.4. The zero-order chi connectivity index (χ0) is 20.7. The quantitative estimate of drug-likeness (QED) is 0.414. The average Bonchev–Trinajstić information content (AvgIpc) is 2.79. The summed E-state index contributed by atoms with van der Waals surface area (Å²) in [5.41, 5.74) is 4.33. The fourth-order valence-electron chi connectivity index (χ4n) is 5.56. The van der Waals surface area contributed by atoms with Gasteiger partial charge in [-0.25, -0.2) is 0 Å². The van der Waals surface area contributed by atoms with Gasteiger partial charge in [0.2, 0.25) is 0 Å². The molecule has 7 rings (SSSR count). The van der Waals surface area contributed by atoms with E-state index in [9.17, 15) is 0 Å². The van der Waals surface area contributed by atoms with Crippen LogP contribution in [0.15, 0.2) is 79.1 Å². The molecule has 0 fully saturated rings. The molecule has 0 atom stereocenters. The van der Waals surface area contributed by atoms with Crippen LogP contribution in [0.2, 0.25) is 0 Å². The summed E-state index contributed by atoms with van der Waals surface area (Å²) in [7, 11) is 4.11. The minimum atomic E-state index is -1.60. The minimum absolute atomic E-state index is 0.827. The number of hydrogen-bond acceptors (Lipinski definition) is 4. The molecule has 1 aromatic heterocycles. The van der Waals surface area contributed by atoms with Gasteiger partial charge < -0.3 is 23.6 Å². The molecule has 0 bridgehead atoms. The molecule has 0 saturated carbocycles. The SMILES string of the molecule is CN(C)c1cc[n+]([B-]23c4c5cccc4Oc4cccc(c42)Oc2cccc(c23)O5)cc1. The third-order valence-electron chi connectivity index (χ3n) is 6.79. The third-order valence-corrected chi connectivity index (χ3v) is 6.79. The molecule has 4 heterocycles. The first-order chi connectivity index (χ1) is 15.2. The van der Waals surface area contributed by atoms with E-state index in [1.165, 1.54) is 0 Å². The number of hydrogen-bond donors (Lipinski definition) is 0. The molecular weight excluding hydrogens is 387 g/mol. The molecule has 3 aliphatic rings. The smallest absolute Gasteiger partial charge is 0.381 e. The van der Waals surface area contributed by atoms with Crippen molar-refractivity contribution in [2.24, 2.45) is 0 Å². The molecule has 5 nitrogen and oxygen atoms in total. The highest BCUT2D eigenvalue weighted by Gasteiger charge is 2.58. The van der Waals surface area contributed by atoms with Gasteiger partial charge in [0, 0.05) is 31.9 Å². The summed E-state index contributed by atoms with van der Waals surface area (Å²) in [5.74, 6) is 4.96. The van der Waals surface area contributed by atoms with E-state index in [2.05, 4.69) is 48.0 Å². The number of pyridine rings is 1. The Bertz CT molecular complexity index is 1210. The lowest BCUT2D eigenvalue weighted by Crippen LogP contribution is -2.87. The molecule has 0 radical (unpaired) electrons. The fourth-order valence-corrected chi connectivity index (χ4v) is 5.56. The van der Waals surface area contributed by atoms with Crippen LogP contribution < -0.4 is 40.0 Å². The number of nitrogens with zero attached hydrogens (tertiary/aromatic N) is 2. The highest BCUT2D eigenvalue weighted by molar-refractivity contribution is 7.09. The van der Waals surface area contributed by atoms with Crippen molar-refractivity contribution in [1.82, 2.24) is 0 Å². The van der Waals surface area contributed by atoms with Crippen LogP contribution in [0.4, 0.5) is 5.69 Å². The molecule has 0 N–H and O–H groups in total. The Morgan fingerprint density at radius 1 is 0.581 bits per heavy atom. The van der Waals surface area contributed by atoms with Gasteiger partial charge >= 0.3 is 6.28 Å². The van der Waals surface area contributed by atoms with E-state index in [0.717, 1.165) is 56.6 Å². The van der Waals surface area contributed by atoms with Crippen LogP contribution in [0.25, 0.3) is 0 Å².